The van der Waals surface area contributed by atoms with Crippen molar-refractivity contribution in [3.63, 3.8) is 0 Å². The average Bonchev–Trinajstić information content (AvgIpc) is 3.14. The number of thiocarbonyl (C=S) groups is 1. The highest BCUT2D eigenvalue weighted by Crippen LogP contribution is 2.43. The first-order chi connectivity index (χ1) is 15.7. The first kappa shape index (κ1) is 22.3. The van der Waals surface area contributed by atoms with Gasteiger partial charge in [0.25, 0.3) is 0 Å². The molecule has 0 radical (unpaired) electrons. The molecule has 3 atom stereocenters. The highest BCUT2D eigenvalue weighted by atomic mass is 32.1. The molecular formula is C28H35NOS2. The van der Waals surface area contributed by atoms with Crippen LogP contribution in [0.5, 0.6) is 5.75 Å². The molecule has 3 aliphatic rings. The van der Waals surface area contributed by atoms with Gasteiger partial charge in [-0.1, -0.05) is 50.2 Å². The third kappa shape index (κ3) is 4.60. The number of hydrogen-bond acceptors (Lipinski definition) is 4. The second-order valence-corrected chi connectivity index (χ2v) is 11.0. The Kier molecular flexibility index (Phi) is 7.11. The molecule has 0 amide bonds. The van der Waals surface area contributed by atoms with Crippen molar-refractivity contribution in [3.8, 4) is 5.75 Å². The van der Waals surface area contributed by atoms with Gasteiger partial charge < -0.3 is 9.64 Å². The Balaban J connectivity index is 1.33. The molecule has 170 valence electrons. The van der Waals surface area contributed by atoms with Gasteiger partial charge in [-0.25, -0.2) is 0 Å². The van der Waals surface area contributed by atoms with E-state index in [4.69, 9.17) is 17.0 Å². The van der Waals surface area contributed by atoms with Crippen LogP contribution in [0.3, 0.4) is 0 Å². The van der Waals surface area contributed by atoms with Crippen molar-refractivity contribution in [2.45, 2.75) is 76.2 Å². The number of allylic oxidation sites excluding steroid dienone is 1. The van der Waals surface area contributed by atoms with E-state index < -0.39 is 0 Å². The van der Waals surface area contributed by atoms with E-state index in [0.29, 0.717) is 5.92 Å². The predicted molar refractivity (Wildman–Crippen MR) is 140 cm³/mol. The van der Waals surface area contributed by atoms with Gasteiger partial charge in [0.2, 0.25) is 0 Å². The maximum absolute atomic E-state index is 6.14. The van der Waals surface area contributed by atoms with Gasteiger partial charge in [-0.05, 0) is 92.2 Å². The lowest BCUT2D eigenvalue weighted by molar-refractivity contribution is 0.151. The molecule has 0 spiro atoms. The summed E-state index contributed by atoms with van der Waals surface area (Å²) in [7, 11) is 0. The molecule has 0 saturated carbocycles. The maximum atomic E-state index is 6.14. The van der Waals surface area contributed by atoms with Crippen molar-refractivity contribution in [2.24, 2.45) is 0 Å². The van der Waals surface area contributed by atoms with Crippen LogP contribution in [0.25, 0.3) is 6.08 Å². The number of thiophene rings is 1. The van der Waals surface area contributed by atoms with E-state index >= 15 is 0 Å². The molecule has 1 aliphatic carbocycles. The second kappa shape index (κ2) is 10.2. The Morgan fingerprint density at radius 2 is 1.94 bits per heavy atom. The number of hydrogen-bond donors (Lipinski definition) is 0. The van der Waals surface area contributed by atoms with Crippen molar-refractivity contribution in [1.82, 2.24) is 4.90 Å². The molecule has 1 aromatic carbocycles. The first-order valence-electron chi connectivity index (χ1n) is 12.5. The fraction of sp³-hybridized carbons (Fsp3) is 0.536. The topological polar surface area (TPSA) is 12.5 Å². The van der Waals surface area contributed by atoms with E-state index in [9.17, 15) is 0 Å². The second-order valence-electron chi connectivity index (χ2n) is 9.65. The Morgan fingerprint density at radius 1 is 1.06 bits per heavy atom. The summed E-state index contributed by atoms with van der Waals surface area (Å²) in [6.45, 7) is 5.54. The zero-order chi connectivity index (χ0) is 21.9. The molecule has 2 fully saturated rings. The minimum atomic E-state index is 0.188. The smallest absolute Gasteiger partial charge is 0.119 e. The van der Waals surface area contributed by atoms with E-state index in [1.165, 1.54) is 73.2 Å². The SMILES string of the molecule is CCCCOc1ccc(C2C=Cc3scc(C4CCC5CCCCN5CC4)c3C2=S)cc1. The van der Waals surface area contributed by atoms with E-state index in [-0.39, 0.29) is 5.92 Å². The summed E-state index contributed by atoms with van der Waals surface area (Å²) >= 11 is 8.03. The maximum Gasteiger partial charge on any atom is 0.119 e. The molecule has 0 N–H and O–H groups in total. The van der Waals surface area contributed by atoms with Crippen LogP contribution in [0.2, 0.25) is 0 Å². The molecule has 3 heterocycles. The molecule has 3 unspecified atom stereocenters. The lowest BCUT2D eigenvalue weighted by atomic mass is 9.82. The van der Waals surface area contributed by atoms with Crippen molar-refractivity contribution in [2.75, 3.05) is 19.7 Å². The number of fused-ring (bicyclic) bond motifs is 2. The van der Waals surface area contributed by atoms with Crippen LogP contribution in [-0.4, -0.2) is 35.5 Å². The van der Waals surface area contributed by atoms with E-state index in [2.05, 4.69) is 53.6 Å². The van der Waals surface area contributed by atoms with Gasteiger partial charge in [0.1, 0.15) is 5.75 Å². The molecule has 32 heavy (non-hydrogen) atoms. The summed E-state index contributed by atoms with van der Waals surface area (Å²) in [6.07, 6.45) is 15.0. The van der Waals surface area contributed by atoms with Crippen molar-refractivity contribution >= 4 is 34.5 Å². The molecule has 2 aliphatic heterocycles. The fourth-order valence-corrected chi connectivity index (χ4v) is 7.29. The summed E-state index contributed by atoms with van der Waals surface area (Å²) < 4.78 is 5.86. The summed E-state index contributed by atoms with van der Waals surface area (Å²) in [5, 5.41) is 2.42. The molecule has 2 saturated heterocycles. The first-order valence-corrected chi connectivity index (χ1v) is 13.8. The third-order valence-corrected chi connectivity index (χ3v) is 9.05. The van der Waals surface area contributed by atoms with Gasteiger partial charge in [0, 0.05) is 27.3 Å². The van der Waals surface area contributed by atoms with Crippen LogP contribution in [0, 0.1) is 0 Å². The molecule has 2 nitrogen and oxygen atoms in total. The van der Waals surface area contributed by atoms with Gasteiger partial charge in [-0.15, -0.1) is 11.3 Å². The third-order valence-electron chi connectivity index (χ3n) is 7.62. The highest BCUT2D eigenvalue weighted by Gasteiger charge is 2.32. The minimum Gasteiger partial charge on any atom is -0.494 e. The number of benzene rings is 1. The van der Waals surface area contributed by atoms with Crippen molar-refractivity contribution in [1.29, 1.82) is 0 Å². The van der Waals surface area contributed by atoms with Crippen LogP contribution in [0.4, 0.5) is 0 Å². The quantitative estimate of drug-likeness (QED) is 0.322. The Labute approximate surface area is 202 Å². The molecule has 1 aromatic heterocycles. The number of nitrogens with zero attached hydrogens (tertiary/aromatic N) is 1. The van der Waals surface area contributed by atoms with Crippen LogP contribution >= 0.6 is 23.6 Å². The van der Waals surface area contributed by atoms with E-state index in [1.807, 2.05) is 11.3 Å². The number of unbranched alkanes of at least 4 members (excludes halogenated alkanes) is 1. The average molecular weight is 466 g/mol. The summed E-state index contributed by atoms with van der Waals surface area (Å²) in [5.41, 5.74) is 4.18. The standard InChI is InChI=1S/C28H35NOS2/c1-2-3-18-30-23-11-8-20(9-12-23)24-13-14-26-27(28(24)31)25(19-32-26)21-7-10-22-6-4-5-16-29(22)17-15-21/h8-9,11-14,19,21-22,24H,2-7,10,15-18H2,1H3. The van der Waals surface area contributed by atoms with E-state index in [0.717, 1.165) is 36.1 Å². The van der Waals surface area contributed by atoms with Crippen molar-refractivity contribution < 1.29 is 4.74 Å². The molecule has 0 bridgehead atoms. The number of ether oxygens (including phenoxy) is 1. The van der Waals surface area contributed by atoms with E-state index in [1.54, 1.807) is 0 Å². The highest BCUT2D eigenvalue weighted by molar-refractivity contribution is 7.81. The van der Waals surface area contributed by atoms with Crippen LogP contribution in [0.1, 0.15) is 91.7 Å². The zero-order valence-corrected chi connectivity index (χ0v) is 20.9. The molecular weight excluding hydrogens is 430 g/mol. The summed E-state index contributed by atoms with van der Waals surface area (Å²) in [5.74, 6) is 1.80. The van der Waals surface area contributed by atoms with Crippen LogP contribution < -0.4 is 4.74 Å². The number of rotatable bonds is 6. The predicted octanol–water partition coefficient (Wildman–Crippen LogP) is 7.58. The summed E-state index contributed by atoms with van der Waals surface area (Å²) in [4.78, 5) is 5.25. The fourth-order valence-electron chi connectivity index (χ4n) is 5.72. The molecule has 2 aromatic rings. The van der Waals surface area contributed by atoms with Gasteiger partial charge in [0.15, 0.2) is 0 Å². The van der Waals surface area contributed by atoms with Gasteiger partial charge >= 0.3 is 0 Å². The summed E-state index contributed by atoms with van der Waals surface area (Å²) in [6, 6.07) is 9.42. The van der Waals surface area contributed by atoms with Gasteiger partial charge in [0.05, 0.1) is 6.61 Å². The lowest BCUT2D eigenvalue weighted by Crippen LogP contribution is -2.38. The van der Waals surface area contributed by atoms with Crippen LogP contribution in [0.15, 0.2) is 35.7 Å². The Hall–Kier alpha value is -1.49. The molecule has 5 rings (SSSR count). The van der Waals surface area contributed by atoms with Crippen LogP contribution in [-0.2, 0) is 0 Å². The molecule has 4 heteroatoms. The monoisotopic (exact) mass is 465 g/mol. The van der Waals surface area contributed by atoms with Crippen molar-refractivity contribution in [3.05, 3.63) is 57.3 Å². The number of piperidine rings is 1. The Morgan fingerprint density at radius 3 is 2.78 bits per heavy atom. The van der Waals surface area contributed by atoms with Gasteiger partial charge in [-0.3, -0.25) is 0 Å². The largest absolute Gasteiger partial charge is 0.494 e. The normalized spacial score (nSPS) is 25.8. The minimum absolute atomic E-state index is 0.188. The lowest BCUT2D eigenvalue weighted by Gasteiger charge is -2.33. The zero-order valence-electron chi connectivity index (χ0n) is 19.2. The van der Waals surface area contributed by atoms with Gasteiger partial charge in [-0.2, -0.15) is 0 Å². The Bertz CT molecular complexity index is 944.